The highest BCUT2D eigenvalue weighted by molar-refractivity contribution is 5.81. The monoisotopic (exact) mass is 404 g/mol. The van der Waals surface area contributed by atoms with Crippen LogP contribution in [0.1, 0.15) is 42.9 Å². The molecule has 0 aromatic carbocycles. The van der Waals surface area contributed by atoms with E-state index in [-0.39, 0.29) is 11.8 Å². The quantitative estimate of drug-likeness (QED) is 0.655. The number of nitrogens with zero attached hydrogens (tertiary/aromatic N) is 5. The number of carbonyl (C=O) groups is 1. The van der Waals surface area contributed by atoms with Gasteiger partial charge in [0.05, 0.1) is 12.2 Å². The van der Waals surface area contributed by atoms with Crippen molar-refractivity contribution in [2.45, 2.75) is 44.7 Å². The summed E-state index contributed by atoms with van der Waals surface area (Å²) in [5, 5.41) is 9.16. The lowest BCUT2D eigenvalue weighted by molar-refractivity contribution is -0.122. The van der Waals surface area contributed by atoms with Crippen LogP contribution in [-0.4, -0.2) is 50.2 Å². The molecule has 0 spiro atoms. The largest absolute Gasteiger partial charge is 0.354 e. The molecule has 5 rings (SSSR count). The van der Waals surface area contributed by atoms with Gasteiger partial charge in [0.1, 0.15) is 0 Å². The first-order valence-electron chi connectivity index (χ1n) is 11.0. The van der Waals surface area contributed by atoms with E-state index in [0.717, 1.165) is 55.6 Å². The van der Waals surface area contributed by atoms with Crippen LogP contribution in [0.3, 0.4) is 0 Å². The van der Waals surface area contributed by atoms with Crippen molar-refractivity contribution in [2.75, 3.05) is 19.6 Å². The third-order valence-electron chi connectivity index (χ3n) is 6.15. The lowest BCUT2D eigenvalue weighted by Crippen LogP contribution is -2.34. The van der Waals surface area contributed by atoms with Crippen molar-refractivity contribution in [1.29, 1.82) is 0 Å². The normalized spacial score (nSPS) is 19.8. The van der Waals surface area contributed by atoms with Gasteiger partial charge in [-0.05, 0) is 62.1 Å². The summed E-state index contributed by atoms with van der Waals surface area (Å²) < 4.78 is 1.97. The summed E-state index contributed by atoms with van der Waals surface area (Å²) in [6.45, 7) is 4.31. The molecule has 2 fully saturated rings. The number of hydrogen-bond donors (Lipinski definition) is 1. The zero-order valence-corrected chi connectivity index (χ0v) is 17.2. The summed E-state index contributed by atoms with van der Waals surface area (Å²) in [7, 11) is 0. The summed E-state index contributed by atoms with van der Waals surface area (Å²) in [5.41, 5.74) is 3.36. The van der Waals surface area contributed by atoms with Gasteiger partial charge in [-0.25, -0.2) is 9.67 Å². The predicted octanol–water partition coefficient (Wildman–Crippen LogP) is 2.73. The molecule has 1 saturated heterocycles. The van der Waals surface area contributed by atoms with Crippen LogP contribution in [0.5, 0.6) is 0 Å². The standard InChI is InChI=1S/C23H28N6O/c30-23(18-5-6-18)26-12-14-29-22-20(4-1-9-25-22)21(27-29)19-3-2-13-28(16-19)15-17-7-10-24-11-8-17/h1,4,7-11,18-19H,2-3,5-6,12-16H2,(H,26,30). The van der Waals surface area contributed by atoms with Crippen molar-refractivity contribution in [3.05, 3.63) is 54.1 Å². The molecule has 7 heteroatoms. The average molecular weight is 405 g/mol. The van der Waals surface area contributed by atoms with Crippen molar-refractivity contribution >= 4 is 16.9 Å². The van der Waals surface area contributed by atoms with E-state index in [0.29, 0.717) is 19.0 Å². The number of aromatic nitrogens is 4. The fraction of sp³-hybridized carbons (Fsp3) is 0.478. The van der Waals surface area contributed by atoms with Crippen LogP contribution in [0.25, 0.3) is 11.0 Å². The topological polar surface area (TPSA) is 75.9 Å². The first-order chi connectivity index (χ1) is 14.8. The minimum atomic E-state index is 0.179. The minimum Gasteiger partial charge on any atom is -0.354 e. The van der Waals surface area contributed by atoms with Gasteiger partial charge in [-0.3, -0.25) is 14.7 Å². The van der Waals surface area contributed by atoms with E-state index in [9.17, 15) is 4.79 Å². The Morgan fingerprint density at radius 1 is 1.13 bits per heavy atom. The molecule has 0 bridgehead atoms. The second-order valence-corrected chi connectivity index (χ2v) is 8.48. The maximum Gasteiger partial charge on any atom is 0.223 e. The average Bonchev–Trinajstić information content (AvgIpc) is 3.57. The number of carbonyl (C=O) groups excluding carboxylic acids is 1. The van der Waals surface area contributed by atoms with Crippen LogP contribution < -0.4 is 5.32 Å². The van der Waals surface area contributed by atoms with Gasteiger partial charge in [0.2, 0.25) is 5.91 Å². The van der Waals surface area contributed by atoms with Gasteiger partial charge in [-0.1, -0.05) is 0 Å². The molecule has 1 aliphatic carbocycles. The number of nitrogens with one attached hydrogen (secondary N) is 1. The van der Waals surface area contributed by atoms with Gasteiger partial charge in [0.25, 0.3) is 0 Å². The number of hydrogen-bond acceptors (Lipinski definition) is 5. The Morgan fingerprint density at radius 2 is 2.00 bits per heavy atom. The molecule has 1 atom stereocenters. The van der Waals surface area contributed by atoms with Gasteiger partial charge < -0.3 is 5.32 Å². The molecule has 3 aromatic heterocycles. The summed E-state index contributed by atoms with van der Waals surface area (Å²) >= 11 is 0. The lowest BCUT2D eigenvalue weighted by atomic mass is 9.93. The molecule has 1 amide bonds. The van der Waals surface area contributed by atoms with Gasteiger partial charge >= 0.3 is 0 Å². The van der Waals surface area contributed by atoms with Crippen LogP contribution in [0.4, 0.5) is 0 Å². The van der Waals surface area contributed by atoms with E-state index >= 15 is 0 Å². The van der Waals surface area contributed by atoms with E-state index in [2.05, 4.69) is 38.4 Å². The van der Waals surface area contributed by atoms with Crippen molar-refractivity contribution in [3.63, 3.8) is 0 Å². The number of piperidine rings is 1. The Kier molecular flexibility index (Phi) is 5.45. The van der Waals surface area contributed by atoms with Crippen molar-refractivity contribution in [2.24, 2.45) is 5.92 Å². The van der Waals surface area contributed by atoms with Crippen LogP contribution in [0.15, 0.2) is 42.9 Å². The van der Waals surface area contributed by atoms with Crippen molar-refractivity contribution in [1.82, 2.24) is 30.0 Å². The van der Waals surface area contributed by atoms with Gasteiger partial charge in [-0.2, -0.15) is 5.10 Å². The highest BCUT2D eigenvalue weighted by atomic mass is 16.2. The third kappa shape index (κ3) is 4.21. The van der Waals surface area contributed by atoms with E-state index in [1.807, 2.05) is 29.3 Å². The summed E-state index contributed by atoms with van der Waals surface area (Å²) in [6, 6.07) is 8.30. The second kappa shape index (κ2) is 8.52. The Morgan fingerprint density at radius 3 is 2.83 bits per heavy atom. The molecule has 1 saturated carbocycles. The van der Waals surface area contributed by atoms with Crippen LogP contribution in [0.2, 0.25) is 0 Å². The Bertz CT molecular complexity index is 1010. The lowest BCUT2D eigenvalue weighted by Gasteiger charge is -2.32. The first-order valence-corrected chi connectivity index (χ1v) is 11.0. The predicted molar refractivity (Wildman–Crippen MR) is 115 cm³/mol. The highest BCUT2D eigenvalue weighted by Crippen LogP contribution is 2.31. The Labute approximate surface area is 176 Å². The Balaban J connectivity index is 1.31. The molecule has 1 aliphatic heterocycles. The molecular formula is C23H28N6O. The smallest absolute Gasteiger partial charge is 0.223 e. The number of likely N-dealkylation sites (tertiary alicyclic amines) is 1. The summed E-state index contributed by atoms with van der Waals surface area (Å²) in [4.78, 5) is 23.2. The van der Waals surface area contributed by atoms with Crippen molar-refractivity contribution in [3.8, 4) is 0 Å². The van der Waals surface area contributed by atoms with Crippen LogP contribution in [-0.2, 0) is 17.9 Å². The van der Waals surface area contributed by atoms with Crippen LogP contribution in [0, 0.1) is 5.92 Å². The SMILES string of the molecule is O=C(NCCn1nc(C2CCCN(Cc3ccncc3)C2)c2cccnc21)C1CC1. The molecule has 2 aliphatic rings. The molecule has 0 radical (unpaired) electrons. The molecule has 1 N–H and O–H groups in total. The van der Waals surface area contributed by atoms with E-state index in [4.69, 9.17) is 5.10 Å². The minimum absolute atomic E-state index is 0.179. The van der Waals surface area contributed by atoms with E-state index in [1.165, 1.54) is 12.0 Å². The van der Waals surface area contributed by atoms with Crippen molar-refractivity contribution < 1.29 is 4.79 Å². The zero-order chi connectivity index (χ0) is 20.3. The van der Waals surface area contributed by atoms with E-state index < -0.39 is 0 Å². The number of rotatable bonds is 7. The fourth-order valence-corrected chi connectivity index (χ4v) is 4.43. The first kappa shape index (κ1) is 19.2. The van der Waals surface area contributed by atoms with Gasteiger partial charge in [-0.15, -0.1) is 0 Å². The van der Waals surface area contributed by atoms with Crippen LogP contribution >= 0.6 is 0 Å². The molecule has 1 unspecified atom stereocenters. The molecule has 7 nitrogen and oxygen atoms in total. The molecule has 156 valence electrons. The molecule has 3 aromatic rings. The zero-order valence-electron chi connectivity index (χ0n) is 17.2. The Hall–Kier alpha value is -2.80. The number of pyridine rings is 2. The summed E-state index contributed by atoms with van der Waals surface area (Å²) in [6.07, 6.45) is 9.91. The molecular weight excluding hydrogens is 376 g/mol. The maximum atomic E-state index is 11.9. The number of amides is 1. The van der Waals surface area contributed by atoms with Gasteiger partial charge in [0.15, 0.2) is 5.65 Å². The highest BCUT2D eigenvalue weighted by Gasteiger charge is 2.29. The number of fused-ring (bicyclic) bond motifs is 1. The fourth-order valence-electron chi connectivity index (χ4n) is 4.43. The van der Waals surface area contributed by atoms with E-state index in [1.54, 1.807) is 0 Å². The van der Waals surface area contributed by atoms with Gasteiger partial charge in [0, 0.05) is 55.4 Å². The summed E-state index contributed by atoms with van der Waals surface area (Å²) in [5.74, 6) is 0.815. The third-order valence-corrected chi connectivity index (χ3v) is 6.15. The molecule has 4 heterocycles. The maximum absolute atomic E-state index is 11.9. The molecule has 30 heavy (non-hydrogen) atoms. The second-order valence-electron chi connectivity index (χ2n) is 8.48.